The van der Waals surface area contributed by atoms with Crippen LogP contribution in [0.3, 0.4) is 0 Å². The molecule has 8 nitrogen and oxygen atoms in total. The van der Waals surface area contributed by atoms with Crippen molar-refractivity contribution in [1.29, 1.82) is 0 Å². The van der Waals surface area contributed by atoms with Gasteiger partial charge < -0.3 is 14.4 Å². The molecule has 3 heterocycles. The van der Waals surface area contributed by atoms with Gasteiger partial charge in [-0.25, -0.2) is 9.78 Å². The van der Waals surface area contributed by atoms with Crippen molar-refractivity contribution in [2.45, 2.75) is 38.7 Å². The van der Waals surface area contributed by atoms with Crippen LogP contribution < -0.4 is 4.90 Å². The van der Waals surface area contributed by atoms with Crippen LogP contribution in [0.2, 0.25) is 0 Å². The molecule has 0 aromatic carbocycles. The monoisotopic (exact) mass is 349 g/mol. The van der Waals surface area contributed by atoms with Crippen LogP contribution in [-0.2, 0) is 9.47 Å². The molecule has 3 rings (SSSR count). The minimum absolute atomic E-state index is 0.0434. The van der Waals surface area contributed by atoms with Crippen LogP contribution in [0.4, 0.5) is 11.5 Å². The van der Waals surface area contributed by atoms with E-state index in [1.807, 2.05) is 4.90 Å². The van der Waals surface area contributed by atoms with Gasteiger partial charge in [-0.1, -0.05) is 0 Å². The van der Waals surface area contributed by atoms with Gasteiger partial charge in [-0.2, -0.15) is 0 Å². The predicted molar refractivity (Wildman–Crippen MR) is 90.8 cm³/mol. The van der Waals surface area contributed by atoms with Crippen molar-refractivity contribution in [2.24, 2.45) is 5.92 Å². The van der Waals surface area contributed by atoms with E-state index >= 15 is 0 Å². The molecule has 2 aliphatic heterocycles. The highest BCUT2D eigenvalue weighted by Crippen LogP contribution is 2.35. The molecule has 25 heavy (non-hydrogen) atoms. The molecule has 0 aliphatic carbocycles. The largest absolute Gasteiger partial charge is 0.462 e. The van der Waals surface area contributed by atoms with Crippen LogP contribution in [0.1, 0.15) is 43.0 Å². The zero-order chi connectivity index (χ0) is 17.8. The van der Waals surface area contributed by atoms with Gasteiger partial charge in [-0.3, -0.25) is 10.1 Å². The van der Waals surface area contributed by atoms with Gasteiger partial charge in [0.2, 0.25) is 5.82 Å². The summed E-state index contributed by atoms with van der Waals surface area (Å²) in [7, 11) is 0. The van der Waals surface area contributed by atoms with Gasteiger partial charge in [0.1, 0.15) is 5.56 Å². The Hall–Kier alpha value is -2.22. The Morgan fingerprint density at radius 2 is 2.20 bits per heavy atom. The second-order valence-corrected chi connectivity index (χ2v) is 6.38. The highest BCUT2D eigenvalue weighted by molar-refractivity contribution is 5.96. The van der Waals surface area contributed by atoms with Crippen molar-refractivity contribution < 1.29 is 19.2 Å². The summed E-state index contributed by atoms with van der Waals surface area (Å²) in [5, 5.41) is 11.6. The Labute approximate surface area is 146 Å². The standard InChI is InChI=1S/C17H23N3O5/c1-2-24-17(21)13-5-8-18-16(15(13)20(22)23)19-9-6-12(7-10-19)14-4-3-11-25-14/h5,8,12,14H,2-4,6-7,9-11H2,1H3. The van der Waals surface area contributed by atoms with Gasteiger partial charge in [0.15, 0.2) is 0 Å². The van der Waals surface area contributed by atoms with E-state index in [-0.39, 0.29) is 23.7 Å². The number of anilines is 1. The summed E-state index contributed by atoms with van der Waals surface area (Å²) in [5.74, 6) is 0.0551. The smallest absolute Gasteiger partial charge is 0.345 e. The van der Waals surface area contributed by atoms with Crippen molar-refractivity contribution in [3.63, 3.8) is 0 Å². The summed E-state index contributed by atoms with van der Waals surface area (Å²) in [6.45, 7) is 4.01. The first-order chi connectivity index (χ1) is 12.1. The second-order valence-electron chi connectivity index (χ2n) is 6.38. The molecule has 0 saturated carbocycles. The van der Waals surface area contributed by atoms with Crippen LogP contribution in [0, 0.1) is 16.0 Å². The van der Waals surface area contributed by atoms with Crippen molar-refractivity contribution >= 4 is 17.5 Å². The summed E-state index contributed by atoms with van der Waals surface area (Å²) in [6, 6.07) is 1.35. The third-order valence-corrected chi connectivity index (χ3v) is 4.91. The molecule has 136 valence electrons. The lowest BCUT2D eigenvalue weighted by Crippen LogP contribution is -2.38. The number of carbonyl (C=O) groups excluding carboxylic acids is 1. The zero-order valence-electron chi connectivity index (χ0n) is 14.3. The fraction of sp³-hybridized carbons (Fsp3) is 0.647. The van der Waals surface area contributed by atoms with E-state index in [9.17, 15) is 14.9 Å². The number of aromatic nitrogens is 1. The normalized spacial score (nSPS) is 21.3. The van der Waals surface area contributed by atoms with Crippen molar-refractivity contribution in [3.05, 3.63) is 27.9 Å². The average Bonchev–Trinajstić information content (AvgIpc) is 3.16. The Balaban J connectivity index is 1.79. The fourth-order valence-corrected chi connectivity index (χ4v) is 3.69. The van der Waals surface area contributed by atoms with Crippen LogP contribution in [0.15, 0.2) is 12.3 Å². The average molecular weight is 349 g/mol. The molecular weight excluding hydrogens is 326 g/mol. The molecule has 1 unspecified atom stereocenters. The second kappa shape index (κ2) is 7.77. The lowest BCUT2D eigenvalue weighted by molar-refractivity contribution is -0.384. The number of hydrogen-bond acceptors (Lipinski definition) is 7. The number of ether oxygens (including phenoxy) is 2. The molecule has 1 atom stereocenters. The fourth-order valence-electron chi connectivity index (χ4n) is 3.69. The predicted octanol–water partition coefficient (Wildman–Crippen LogP) is 2.56. The van der Waals surface area contributed by atoms with Crippen molar-refractivity contribution in [1.82, 2.24) is 4.98 Å². The van der Waals surface area contributed by atoms with Gasteiger partial charge >= 0.3 is 11.7 Å². The summed E-state index contributed by atoms with van der Waals surface area (Å²) >= 11 is 0. The number of pyridine rings is 1. The van der Waals surface area contributed by atoms with Crippen molar-refractivity contribution in [3.8, 4) is 0 Å². The first kappa shape index (κ1) is 17.6. The molecule has 2 aliphatic rings. The topological polar surface area (TPSA) is 94.8 Å². The van der Waals surface area contributed by atoms with E-state index in [1.54, 1.807) is 6.92 Å². The van der Waals surface area contributed by atoms with Crippen LogP contribution >= 0.6 is 0 Å². The minimum atomic E-state index is -0.688. The molecule has 0 spiro atoms. The summed E-state index contributed by atoms with van der Waals surface area (Å²) in [6.07, 6.45) is 5.78. The zero-order valence-corrected chi connectivity index (χ0v) is 14.3. The molecule has 0 amide bonds. The molecule has 1 aromatic rings. The Morgan fingerprint density at radius 3 is 2.80 bits per heavy atom. The number of carbonyl (C=O) groups is 1. The Morgan fingerprint density at radius 1 is 1.44 bits per heavy atom. The van der Waals surface area contributed by atoms with E-state index in [2.05, 4.69) is 4.98 Å². The third-order valence-electron chi connectivity index (χ3n) is 4.91. The van der Waals surface area contributed by atoms with E-state index in [0.29, 0.717) is 25.1 Å². The molecular formula is C17H23N3O5. The van der Waals surface area contributed by atoms with E-state index in [4.69, 9.17) is 9.47 Å². The highest BCUT2D eigenvalue weighted by Gasteiger charge is 2.34. The summed E-state index contributed by atoms with van der Waals surface area (Å²) in [4.78, 5) is 29.2. The van der Waals surface area contributed by atoms with Gasteiger partial charge in [0.05, 0.1) is 17.6 Å². The lowest BCUT2D eigenvalue weighted by atomic mass is 9.90. The molecule has 2 saturated heterocycles. The van der Waals surface area contributed by atoms with Gasteiger partial charge in [0, 0.05) is 25.9 Å². The Kier molecular flexibility index (Phi) is 5.47. The summed E-state index contributed by atoms with van der Waals surface area (Å²) in [5.41, 5.74) is -0.311. The maximum absolute atomic E-state index is 12.0. The molecule has 1 aromatic heterocycles. The van der Waals surface area contributed by atoms with Crippen LogP contribution in [0.25, 0.3) is 0 Å². The van der Waals surface area contributed by atoms with Crippen LogP contribution in [-0.4, -0.2) is 48.3 Å². The number of nitro groups is 1. The number of nitrogens with zero attached hydrogens (tertiary/aromatic N) is 3. The quantitative estimate of drug-likeness (QED) is 0.458. The molecule has 8 heteroatoms. The third kappa shape index (κ3) is 3.73. The Bertz CT molecular complexity index is 637. The van der Waals surface area contributed by atoms with Gasteiger partial charge in [-0.05, 0) is 44.6 Å². The molecule has 0 bridgehead atoms. The van der Waals surface area contributed by atoms with Crippen molar-refractivity contribution in [2.75, 3.05) is 31.2 Å². The highest BCUT2D eigenvalue weighted by atomic mass is 16.6. The van der Waals surface area contributed by atoms with E-state index in [0.717, 1.165) is 32.3 Å². The number of esters is 1. The van der Waals surface area contributed by atoms with E-state index in [1.165, 1.54) is 12.3 Å². The number of rotatable bonds is 5. The maximum Gasteiger partial charge on any atom is 0.345 e. The van der Waals surface area contributed by atoms with Crippen LogP contribution in [0.5, 0.6) is 0 Å². The van der Waals surface area contributed by atoms with E-state index < -0.39 is 10.9 Å². The minimum Gasteiger partial charge on any atom is -0.462 e. The summed E-state index contributed by atoms with van der Waals surface area (Å²) < 4.78 is 10.7. The SMILES string of the molecule is CCOC(=O)c1ccnc(N2CCC(C3CCCO3)CC2)c1[N+](=O)[O-]. The molecule has 0 N–H and O–H groups in total. The number of hydrogen-bond donors (Lipinski definition) is 0. The maximum atomic E-state index is 12.0. The first-order valence-electron chi connectivity index (χ1n) is 8.79. The number of piperidine rings is 1. The molecule has 2 fully saturated rings. The lowest BCUT2D eigenvalue weighted by Gasteiger charge is -2.34. The van der Waals surface area contributed by atoms with Gasteiger partial charge in [-0.15, -0.1) is 0 Å². The van der Waals surface area contributed by atoms with Gasteiger partial charge in [0.25, 0.3) is 0 Å². The molecule has 0 radical (unpaired) electrons. The first-order valence-corrected chi connectivity index (χ1v) is 8.79.